The molecular weight excluding hydrogens is 260 g/mol. The second-order valence-electron chi connectivity index (χ2n) is 5.55. The molecule has 2 atom stereocenters. The lowest BCUT2D eigenvalue weighted by Crippen LogP contribution is -2.40. The Labute approximate surface area is 126 Å². The molecule has 0 unspecified atom stereocenters. The maximum atomic E-state index is 10.6. The van der Waals surface area contributed by atoms with Gasteiger partial charge in [-0.1, -0.05) is 48.5 Å². The van der Waals surface area contributed by atoms with Crippen LogP contribution in [0.4, 0.5) is 5.69 Å². The minimum Gasteiger partial charge on any atom is -0.389 e. The van der Waals surface area contributed by atoms with Gasteiger partial charge in [-0.05, 0) is 30.7 Å². The number of nitrogens with one attached hydrogen (secondary N) is 1. The first-order valence-electron chi connectivity index (χ1n) is 7.53. The maximum Gasteiger partial charge on any atom is 0.0909 e. The van der Waals surface area contributed by atoms with Gasteiger partial charge in [0, 0.05) is 18.8 Å². The topological polar surface area (TPSA) is 35.5 Å². The molecule has 0 fully saturated rings. The van der Waals surface area contributed by atoms with Crippen LogP contribution in [-0.2, 0) is 6.42 Å². The Morgan fingerprint density at radius 2 is 1.81 bits per heavy atom. The average molecular weight is 282 g/mol. The highest BCUT2D eigenvalue weighted by Gasteiger charge is 2.31. The maximum absolute atomic E-state index is 10.6. The predicted molar refractivity (Wildman–Crippen MR) is 86.6 cm³/mol. The number of aliphatic hydroxyl groups is 1. The van der Waals surface area contributed by atoms with Crippen molar-refractivity contribution in [1.29, 1.82) is 0 Å². The van der Waals surface area contributed by atoms with Gasteiger partial charge in [-0.15, -0.1) is 0 Å². The van der Waals surface area contributed by atoms with Crippen LogP contribution in [0.1, 0.15) is 17.2 Å². The van der Waals surface area contributed by atoms with E-state index in [4.69, 9.17) is 0 Å². The van der Waals surface area contributed by atoms with E-state index in [-0.39, 0.29) is 6.04 Å². The third kappa shape index (κ3) is 2.80. The molecule has 1 aliphatic heterocycles. The Kier molecular flexibility index (Phi) is 4.23. The van der Waals surface area contributed by atoms with Crippen LogP contribution < -0.4 is 10.2 Å². The van der Waals surface area contributed by atoms with Gasteiger partial charge in [0.1, 0.15) is 0 Å². The molecule has 3 heteroatoms. The number of benzene rings is 2. The van der Waals surface area contributed by atoms with E-state index < -0.39 is 6.10 Å². The van der Waals surface area contributed by atoms with Gasteiger partial charge in [0.25, 0.3) is 0 Å². The summed E-state index contributed by atoms with van der Waals surface area (Å²) >= 11 is 0. The zero-order valence-electron chi connectivity index (χ0n) is 12.4. The molecular formula is C18H22N2O. The molecule has 2 aromatic rings. The van der Waals surface area contributed by atoms with Crippen LogP contribution in [-0.4, -0.2) is 31.3 Å². The van der Waals surface area contributed by atoms with Gasteiger partial charge >= 0.3 is 0 Å². The summed E-state index contributed by atoms with van der Waals surface area (Å²) in [6.45, 7) is 1.54. The molecule has 21 heavy (non-hydrogen) atoms. The third-order valence-corrected chi connectivity index (χ3v) is 4.18. The van der Waals surface area contributed by atoms with Gasteiger partial charge in [-0.3, -0.25) is 0 Å². The lowest BCUT2D eigenvalue weighted by Gasteiger charge is -2.34. The van der Waals surface area contributed by atoms with Crippen LogP contribution in [0.15, 0.2) is 54.6 Å². The molecule has 0 amide bonds. The van der Waals surface area contributed by atoms with Crippen LogP contribution >= 0.6 is 0 Å². The Hall–Kier alpha value is -1.84. The smallest absolute Gasteiger partial charge is 0.0909 e. The number of hydrogen-bond donors (Lipinski definition) is 2. The Morgan fingerprint density at radius 1 is 1.10 bits per heavy atom. The van der Waals surface area contributed by atoms with Gasteiger partial charge in [0.2, 0.25) is 0 Å². The van der Waals surface area contributed by atoms with Gasteiger partial charge in [0.05, 0.1) is 12.1 Å². The molecule has 1 aliphatic rings. The van der Waals surface area contributed by atoms with Crippen molar-refractivity contribution in [2.75, 3.05) is 25.0 Å². The van der Waals surface area contributed by atoms with E-state index in [1.807, 2.05) is 25.2 Å². The van der Waals surface area contributed by atoms with Crippen molar-refractivity contribution in [2.45, 2.75) is 18.6 Å². The molecule has 0 aromatic heterocycles. The lowest BCUT2D eigenvalue weighted by molar-refractivity contribution is 0.141. The molecule has 0 saturated heterocycles. The fourth-order valence-corrected chi connectivity index (χ4v) is 3.23. The normalized spacial score (nSPS) is 16.6. The minimum atomic E-state index is -0.441. The van der Waals surface area contributed by atoms with Crippen molar-refractivity contribution in [3.63, 3.8) is 0 Å². The summed E-state index contributed by atoms with van der Waals surface area (Å²) < 4.78 is 0. The number of aliphatic hydroxyl groups excluding tert-OH is 1. The summed E-state index contributed by atoms with van der Waals surface area (Å²) in [7, 11) is 1.88. The highest BCUT2D eigenvalue weighted by Crippen LogP contribution is 2.36. The number of rotatable bonds is 5. The second-order valence-corrected chi connectivity index (χ2v) is 5.55. The fourth-order valence-electron chi connectivity index (χ4n) is 3.23. The SMILES string of the molecule is CNC[C@@H](O)[C@H](c1ccccc1)N1CCc2ccccc21. The number of fused-ring (bicyclic) bond motifs is 1. The quantitative estimate of drug-likeness (QED) is 0.884. The fraction of sp³-hybridized carbons (Fsp3) is 0.333. The Bertz CT molecular complexity index is 585. The molecule has 0 bridgehead atoms. The average Bonchev–Trinajstić information content (AvgIpc) is 2.93. The van der Waals surface area contributed by atoms with E-state index >= 15 is 0 Å². The number of anilines is 1. The number of nitrogens with zero attached hydrogens (tertiary/aromatic N) is 1. The van der Waals surface area contributed by atoms with E-state index in [0.717, 1.165) is 18.5 Å². The van der Waals surface area contributed by atoms with E-state index in [0.29, 0.717) is 6.54 Å². The van der Waals surface area contributed by atoms with E-state index in [2.05, 4.69) is 46.6 Å². The standard InChI is InChI=1S/C18H22N2O/c1-19-13-17(21)18(15-8-3-2-4-9-15)20-12-11-14-7-5-6-10-16(14)20/h2-10,17-19,21H,11-13H2,1H3/t17-,18+/m1/s1. The van der Waals surface area contributed by atoms with Gasteiger partial charge in [0.15, 0.2) is 0 Å². The number of para-hydroxylation sites is 1. The molecule has 0 saturated carbocycles. The zero-order valence-corrected chi connectivity index (χ0v) is 12.4. The Morgan fingerprint density at radius 3 is 2.57 bits per heavy atom. The van der Waals surface area contributed by atoms with Crippen molar-refractivity contribution in [1.82, 2.24) is 5.32 Å². The summed E-state index contributed by atoms with van der Waals surface area (Å²) in [5.41, 5.74) is 3.79. The summed E-state index contributed by atoms with van der Waals surface area (Å²) in [6.07, 6.45) is 0.606. The highest BCUT2D eigenvalue weighted by molar-refractivity contribution is 5.59. The number of hydrogen-bond acceptors (Lipinski definition) is 3. The third-order valence-electron chi connectivity index (χ3n) is 4.18. The van der Waals surface area contributed by atoms with Gasteiger partial charge in [-0.25, -0.2) is 0 Å². The largest absolute Gasteiger partial charge is 0.389 e. The molecule has 0 aliphatic carbocycles. The van der Waals surface area contributed by atoms with Gasteiger partial charge < -0.3 is 15.3 Å². The lowest BCUT2D eigenvalue weighted by atomic mass is 9.99. The molecule has 2 N–H and O–H groups in total. The first-order chi connectivity index (χ1) is 10.3. The van der Waals surface area contributed by atoms with Crippen molar-refractivity contribution in [3.8, 4) is 0 Å². The van der Waals surface area contributed by atoms with E-state index in [1.54, 1.807) is 0 Å². The van der Waals surface area contributed by atoms with Crippen molar-refractivity contribution >= 4 is 5.69 Å². The molecule has 2 aromatic carbocycles. The van der Waals surface area contributed by atoms with Gasteiger partial charge in [-0.2, -0.15) is 0 Å². The van der Waals surface area contributed by atoms with E-state index in [1.165, 1.54) is 11.3 Å². The second kappa shape index (κ2) is 6.29. The van der Waals surface area contributed by atoms with Crippen LogP contribution in [0.25, 0.3) is 0 Å². The zero-order chi connectivity index (χ0) is 14.7. The highest BCUT2D eigenvalue weighted by atomic mass is 16.3. The molecule has 3 rings (SSSR count). The summed E-state index contributed by atoms with van der Waals surface area (Å²) in [5, 5.41) is 13.7. The van der Waals surface area contributed by atoms with Crippen LogP contribution in [0, 0.1) is 0 Å². The van der Waals surface area contributed by atoms with Crippen LogP contribution in [0.5, 0.6) is 0 Å². The summed E-state index contributed by atoms with van der Waals surface area (Å²) in [4.78, 5) is 2.34. The summed E-state index contributed by atoms with van der Waals surface area (Å²) in [5.74, 6) is 0. The molecule has 3 nitrogen and oxygen atoms in total. The van der Waals surface area contributed by atoms with Crippen molar-refractivity contribution in [2.24, 2.45) is 0 Å². The van der Waals surface area contributed by atoms with Crippen LogP contribution in [0.2, 0.25) is 0 Å². The van der Waals surface area contributed by atoms with E-state index in [9.17, 15) is 5.11 Å². The van der Waals surface area contributed by atoms with Crippen LogP contribution in [0.3, 0.4) is 0 Å². The molecule has 1 heterocycles. The Balaban J connectivity index is 1.97. The van der Waals surface area contributed by atoms with Crippen molar-refractivity contribution in [3.05, 3.63) is 65.7 Å². The molecule has 0 spiro atoms. The predicted octanol–water partition coefficient (Wildman–Crippen LogP) is 2.37. The molecule has 0 radical (unpaired) electrons. The molecule has 110 valence electrons. The summed E-state index contributed by atoms with van der Waals surface area (Å²) in [6, 6.07) is 18.8. The monoisotopic (exact) mass is 282 g/mol. The first-order valence-corrected chi connectivity index (χ1v) is 7.53. The number of likely N-dealkylation sites (N-methyl/N-ethyl adjacent to an activating group) is 1. The first kappa shape index (κ1) is 14.1. The minimum absolute atomic E-state index is 0.0118. The van der Waals surface area contributed by atoms with Crippen molar-refractivity contribution < 1.29 is 5.11 Å².